The molecule has 0 saturated carbocycles. The first kappa shape index (κ1) is 10.7. The summed E-state index contributed by atoms with van der Waals surface area (Å²) in [4.78, 5) is 22.5. The molecular formula is C10H9N3O2S. The van der Waals surface area contributed by atoms with Crippen molar-refractivity contribution in [2.45, 2.75) is 10.1 Å². The summed E-state index contributed by atoms with van der Waals surface area (Å²) in [6.07, 6.45) is 0.790. The molecule has 5 nitrogen and oxygen atoms in total. The van der Waals surface area contributed by atoms with Gasteiger partial charge in [-0.3, -0.25) is 9.36 Å². The number of aromatic nitrogens is 3. The Hall–Kier alpha value is -1.82. The number of aromatic amines is 1. The first-order valence-electron chi connectivity index (χ1n) is 4.55. The molecule has 0 radical (unpaired) electrons. The van der Waals surface area contributed by atoms with Gasteiger partial charge in [0.15, 0.2) is 5.16 Å². The van der Waals surface area contributed by atoms with Gasteiger partial charge in [0.2, 0.25) is 0 Å². The largest absolute Gasteiger partial charge is 0.343 e. The number of rotatable bonds is 3. The fraction of sp³-hybridized carbons (Fsp3) is 0.100. The molecule has 0 atom stereocenters. The number of carbonyl (C=O) groups is 1. The second kappa shape index (κ2) is 4.36. The van der Waals surface area contributed by atoms with Gasteiger partial charge in [-0.1, -0.05) is 12.1 Å². The van der Waals surface area contributed by atoms with Crippen molar-refractivity contribution in [1.82, 2.24) is 14.8 Å². The van der Waals surface area contributed by atoms with E-state index in [4.69, 9.17) is 0 Å². The van der Waals surface area contributed by atoms with E-state index in [0.717, 1.165) is 11.2 Å². The summed E-state index contributed by atoms with van der Waals surface area (Å²) in [5.41, 5.74) is 0.382. The maximum Gasteiger partial charge on any atom is 0.343 e. The van der Waals surface area contributed by atoms with Gasteiger partial charge < -0.3 is 0 Å². The van der Waals surface area contributed by atoms with E-state index in [-0.39, 0.29) is 5.69 Å². The third kappa shape index (κ3) is 2.06. The van der Waals surface area contributed by atoms with Crippen LogP contribution in [0.4, 0.5) is 0 Å². The Kier molecular flexibility index (Phi) is 2.91. The van der Waals surface area contributed by atoms with Crippen LogP contribution in [0.3, 0.4) is 0 Å². The average molecular weight is 235 g/mol. The van der Waals surface area contributed by atoms with Gasteiger partial charge in [-0.2, -0.15) is 0 Å². The highest BCUT2D eigenvalue weighted by Gasteiger charge is 2.05. The maximum absolute atomic E-state index is 11.1. The van der Waals surface area contributed by atoms with Gasteiger partial charge in [-0.15, -0.1) is 5.10 Å². The van der Waals surface area contributed by atoms with Crippen LogP contribution in [0.2, 0.25) is 0 Å². The van der Waals surface area contributed by atoms with Gasteiger partial charge in [0.1, 0.15) is 6.29 Å². The summed E-state index contributed by atoms with van der Waals surface area (Å²) >= 11 is 1.36. The van der Waals surface area contributed by atoms with Crippen LogP contribution in [0.1, 0.15) is 10.4 Å². The summed E-state index contributed by atoms with van der Waals surface area (Å²) in [6, 6.07) is 7.07. The molecule has 0 amide bonds. The Balaban J connectivity index is 2.23. The zero-order valence-corrected chi connectivity index (χ0v) is 9.32. The number of nitrogens with zero attached hydrogens (tertiary/aromatic N) is 2. The second-order valence-corrected chi connectivity index (χ2v) is 4.20. The Morgan fingerprint density at radius 2 is 2.06 bits per heavy atom. The van der Waals surface area contributed by atoms with Gasteiger partial charge in [0.25, 0.3) is 0 Å². The molecule has 0 aliphatic carbocycles. The lowest BCUT2D eigenvalue weighted by atomic mass is 10.2. The van der Waals surface area contributed by atoms with E-state index in [2.05, 4.69) is 10.2 Å². The van der Waals surface area contributed by atoms with E-state index in [9.17, 15) is 9.59 Å². The topological polar surface area (TPSA) is 67.8 Å². The standard InChI is InChI=1S/C10H9N3O2S/c1-13-9(15)11-12-10(13)16-8-4-2-7(6-14)3-5-8/h2-6H,1H3,(H,11,15). The molecule has 2 aromatic rings. The third-order valence-electron chi connectivity index (χ3n) is 2.06. The minimum Gasteiger partial charge on any atom is -0.298 e. The Morgan fingerprint density at radius 3 is 2.56 bits per heavy atom. The first-order valence-corrected chi connectivity index (χ1v) is 5.37. The molecule has 1 aromatic carbocycles. The van der Waals surface area contributed by atoms with Crippen LogP contribution in [-0.2, 0) is 7.05 Å². The zero-order chi connectivity index (χ0) is 11.5. The van der Waals surface area contributed by atoms with Crippen molar-refractivity contribution in [3.63, 3.8) is 0 Å². The Morgan fingerprint density at radius 1 is 1.38 bits per heavy atom. The van der Waals surface area contributed by atoms with Crippen molar-refractivity contribution in [2.75, 3.05) is 0 Å². The summed E-state index contributed by atoms with van der Waals surface area (Å²) in [5, 5.41) is 6.82. The number of hydrogen-bond acceptors (Lipinski definition) is 4. The highest BCUT2D eigenvalue weighted by Crippen LogP contribution is 2.24. The lowest BCUT2D eigenvalue weighted by Gasteiger charge is -1.99. The SMILES string of the molecule is Cn1c(Sc2ccc(C=O)cc2)n[nH]c1=O. The fourth-order valence-electron chi connectivity index (χ4n) is 1.14. The van der Waals surface area contributed by atoms with Crippen LogP contribution >= 0.6 is 11.8 Å². The molecule has 6 heteroatoms. The molecule has 1 aromatic heterocycles. The molecule has 0 saturated heterocycles. The third-order valence-corrected chi connectivity index (χ3v) is 3.12. The number of aldehydes is 1. The predicted molar refractivity (Wildman–Crippen MR) is 59.8 cm³/mol. The minimum absolute atomic E-state index is 0.244. The normalized spacial score (nSPS) is 10.3. The molecule has 0 aliphatic rings. The van der Waals surface area contributed by atoms with Crippen molar-refractivity contribution < 1.29 is 4.79 Å². The van der Waals surface area contributed by atoms with E-state index in [1.807, 2.05) is 12.1 Å². The van der Waals surface area contributed by atoms with Crippen molar-refractivity contribution in [2.24, 2.45) is 7.05 Å². The smallest absolute Gasteiger partial charge is 0.298 e. The van der Waals surface area contributed by atoms with Crippen LogP contribution in [0.15, 0.2) is 39.1 Å². The molecule has 0 aliphatic heterocycles. The monoisotopic (exact) mass is 235 g/mol. The fourth-order valence-corrected chi connectivity index (χ4v) is 1.94. The number of benzene rings is 1. The summed E-state index contributed by atoms with van der Waals surface area (Å²) in [6.45, 7) is 0. The zero-order valence-electron chi connectivity index (χ0n) is 8.51. The van der Waals surface area contributed by atoms with E-state index in [1.165, 1.54) is 16.3 Å². The summed E-state index contributed by atoms with van der Waals surface area (Å²) in [7, 11) is 1.65. The summed E-state index contributed by atoms with van der Waals surface area (Å²) < 4.78 is 1.43. The first-order chi connectivity index (χ1) is 7.70. The highest BCUT2D eigenvalue weighted by atomic mass is 32.2. The van der Waals surface area contributed by atoms with Crippen LogP contribution in [-0.4, -0.2) is 21.1 Å². The van der Waals surface area contributed by atoms with Gasteiger partial charge in [0, 0.05) is 17.5 Å². The molecular weight excluding hydrogens is 226 g/mol. The number of hydrogen-bond donors (Lipinski definition) is 1. The van der Waals surface area contributed by atoms with Crippen LogP contribution in [0, 0.1) is 0 Å². The molecule has 0 bridgehead atoms. The van der Waals surface area contributed by atoms with Crippen LogP contribution < -0.4 is 5.69 Å². The lowest BCUT2D eigenvalue weighted by Crippen LogP contribution is -2.12. The molecule has 0 unspecified atom stereocenters. The Bertz CT molecular complexity index is 556. The van der Waals surface area contributed by atoms with E-state index in [0.29, 0.717) is 10.7 Å². The minimum atomic E-state index is -0.244. The highest BCUT2D eigenvalue weighted by molar-refractivity contribution is 7.99. The van der Waals surface area contributed by atoms with Crippen molar-refractivity contribution in [3.8, 4) is 0 Å². The molecule has 0 spiro atoms. The van der Waals surface area contributed by atoms with Gasteiger partial charge >= 0.3 is 5.69 Å². The van der Waals surface area contributed by atoms with Crippen molar-refractivity contribution in [1.29, 1.82) is 0 Å². The maximum atomic E-state index is 11.1. The van der Waals surface area contributed by atoms with Gasteiger partial charge in [-0.05, 0) is 23.9 Å². The predicted octanol–water partition coefficient (Wildman–Crippen LogP) is 1.07. The molecule has 2 rings (SSSR count). The van der Waals surface area contributed by atoms with Crippen molar-refractivity contribution in [3.05, 3.63) is 40.3 Å². The number of H-pyrrole nitrogens is 1. The van der Waals surface area contributed by atoms with E-state index < -0.39 is 0 Å². The summed E-state index contributed by atoms with van der Waals surface area (Å²) in [5.74, 6) is 0. The quantitative estimate of drug-likeness (QED) is 0.808. The second-order valence-electron chi connectivity index (χ2n) is 3.16. The molecule has 16 heavy (non-hydrogen) atoms. The molecule has 0 fully saturated rings. The molecule has 1 N–H and O–H groups in total. The van der Waals surface area contributed by atoms with Crippen molar-refractivity contribution >= 4 is 18.0 Å². The lowest BCUT2D eigenvalue weighted by molar-refractivity contribution is 0.112. The average Bonchev–Trinajstić information content (AvgIpc) is 2.62. The van der Waals surface area contributed by atoms with Crippen LogP contribution in [0.25, 0.3) is 0 Å². The Labute approximate surface area is 95.5 Å². The van der Waals surface area contributed by atoms with Crippen LogP contribution in [0.5, 0.6) is 0 Å². The van der Waals surface area contributed by atoms with E-state index in [1.54, 1.807) is 19.2 Å². The van der Waals surface area contributed by atoms with E-state index >= 15 is 0 Å². The van der Waals surface area contributed by atoms with Gasteiger partial charge in [0.05, 0.1) is 0 Å². The number of carbonyl (C=O) groups excluding carboxylic acids is 1. The van der Waals surface area contributed by atoms with Gasteiger partial charge in [-0.25, -0.2) is 9.89 Å². The molecule has 82 valence electrons. The molecule has 1 heterocycles. The number of nitrogens with one attached hydrogen (secondary N) is 1.